The summed E-state index contributed by atoms with van der Waals surface area (Å²) in [5, 5.41) is 16.0. The molecule has 0 bridgehead atoms. The number of carbonyl (C=O) groups excluding carboxylic acids is 1. The van der Waals surface area contributed by atoms with Crippen LogP contribution in [0.2, 0.25) is 0 Å². The molecule has 0 aliphatic rings. The van der Waals surface area contributed by atoms with Crippen molar-refractivity contribution in [2.45, 2.75) is 46.6 Å². The molecule has 124 valence electrons. The minimum absolute atomic E-state index is 0.0191. The number of aliphatic carboxylic acids is 1. The van der Waals surface area contributed by atoms with Crippen molar-refractivity contribution in [2.24, 2.45) is 13.0 Å². The van der Waals surface area contributed by atoms with Gasteiger partial charge in [-0.25, -0.2) is 0 Å². The first kappa shape index (κ1) is 18.0. The second kappa shape index (κ2) is 6.81. The van der Waals surface area contributed by atoms with Gasteiger partial charge in [0.15, 0.2) is 12.4 Å². The van der Waals surface area contributed by atoms with Crippen LogP contribution in [0.1, 0.15) is 38.6 Å². The largest absolute Gasteiger partial charge is 0.481 e. The number of hydrogen-bond donors (Lipinski definition) is 2. The molecule has 22 heavy (non-hydrogen) atoms. The number of ether oxygens (including phenoxy) is 1. The van der Waals surface area contributed by atoms with Crippen molar-refractivity contribution in [3.63, 3.8) is 0 Å². The normalized spacial score (nSPS) is 13.8. The molecular formula is C15H25N3O4. The van der Waals surface area contributed by atoms with Crippen LogP contribution in [0.25, 0.3) is 0 Å². The predicted octanol–water partition coefficient (Wildman–Crippen LogP) is 1.42. The molecule has 1 rings (SSSR count). The topological polar surface area (TPSA) is 93.5 Å². The van der Waals surface area contributed by atoms with E-state index in [-0.39, 0.29) is 24.9 Å². The average molecular weight is 311 g/mol. The second-order valence-electron chi connectivity index (χ2n) is 6.10. The summed E-state index contributed by atoms with van der Waals surface area (Å²) in [5.74, 6) is -0.729. The van der Waals surface area contributed by atoms with Crippen molar-refractivity contribution < 1.29 is 19.4 Å². The van der Waals surface area contributed by atoms with Crippen molar-refractivity contribution in [3.8, 4) is 5.75 Å². The van der Waals surface area contributed by atoms with E-state index >= 15 is 0 Å². The monoisotopic (exact) mass is 311 g/mol. The molecule has 0 saturated heterocycles. The Morgan fingerprint density at radius 3 is 2.41 bits per heavy atom. The van der Waals surface area contributed by atoms with Crippen LogP contribution in [-0.4, -0.2) is 38.9 Å². The van der Waals surface area contributed by atoms with E-state index in [1.807, 2.05) is 27.7 Å². The molecule has 0 aromatic carbocycles. The standard InChI is InChI=1S/C15H25N3O4/c1-9(2)15(5,7-13(20)21)16-12(19)8-22-14-10(3)17-18(6)11(14)4/h9H,7-8H2,1-6H3,(H,16,19)(H,20,21). The molecule has 1 amide bonds. The van der Waals surface area contributed by atoms with Gasteiger partial charge < -0.3 is 15.2 Å². The van der Waals surface area contributed by atoms with Crippen molar-refractivity contribution in [1.29, 1.82) is 0 Å². The third-order valence-electron chi connectivity index (χ3n) is 4.01. The maximum atomic E-state index is 12.1. The molecule has 1 aromatic heterocycles. The van der Waals surface area contributed by atoms with Crippen LogP contribution in [0, 0.1) is 19.8 Å². The summed E-state index contributed by atoms with van der Waals surface area (Å²) >= 11 is 0. The Kier molecular flexibility index (Phi) is 5.57. The van der Waals surface area contributed by atoms with E-state index in [9.17, 15) is 9.59 Å². The molecule has 0 radical (unpaired) electrons. The fourth-order valence-corrected chi connectivity index (χ4v) is 2.16. The van der Waals surface area contributed by atoms with Gasteiger partial charge in [-0.15, -0.1) is 0 Å². The SMILES string of the molecule is Cc1nn(C)c(C)c1OCC(=O)NC(C)(CC(=O)O)C(C)C. The van der Waals surface area contributed by atoms with Crippen LogP contribution < -0.4 is 10.1 Å². The summed E-state index contributed by atoms with van der Waals surface area (Å²) in [4.78, 5) is 23.1. The third-order valence-corrected chi connectivity index (χ3v) is 4.01. The Morgan fingerprint density at radius 2 is 2.00 bits per heavy atom. The lowest BCUT2D eigenvalue weighted by Gasteiger charge is -2.33. The van der Waals surface area contributed by atoms with E-state index in [0.717, 1.165) is 5.69 Å². The van der Waals surface area contributed by atoms with Gasteiger partial charge >= 0.3 is 5.97 Å². The highest BCUT2D eigenvalue weighted by Crippen LogP contribution is 2.22. The first-order chi connectivity index (χ1) is 10.1. The van der Waals surface area contributed by atoms with Crippen molar-refractivity contribution in [1.82, 2.24) is 15.1 Å². The van der Waals surface area contributed by atoms with E-state index < -0.39 is 11.5 Å². The van der Waals surface area contributed by atoms with Crippen LogP contribution in [-0.2, 0) is 16.6 Å². The summed E-state index contributed by atoms with van der Waals surface area (Å²) in [6, 6.07) is 0. The van der Waals surface area contributed by atoms with Crippen LogP contribution in [0.5, 0.6) is 5.75 Å². The minimum Gasteiger partial charge on any atom is -0.481 e. The van der Waals surface area contributed by atoms with Gasteiger partial charge in [-0.1, -0.05) is 13.8 Å². The Hall–Kier alpha value is -2.05. The molecule has 1 heterocycles. The summed E-state index contributed by atoms with van der Waals surface area (Å²) in [6.45, 7) is 8.97. The van der Waals surface area contributed by atoms with Gasteiger partial charge in [0.05, 0.1) is 17.7 Å². The summed E-state index contributed by atoms with van der Waals surface area (Å²) in [7, 11) is 1.80. The van der Waals surface area contributed by atoms with Crippen LogP contribution in [0.15, 0.2) is 0 Å². The van der Waals surface area contributed by atoms with Gasteiger partial charge in [0.2, 0.25) is 0 Å². The van der Waals surface area contributed by atoms with E-state index in [4.69, 9.17) is 9.84 Å². The van der Waals surface area contributed by atoms with Gasteiger partial charge in [0.25, 0.3) is 5.91 Å². The molecule has 1 aromatic rings. The predicted molar refractivity (Wildman–Crippen MR) is 81.8 cm³/mol. The summed E-state index contributed by atoms with van der Waals surface area (Å²) < 4.78 is 7.22. The first-order valence-electron chi connectivity index (χ1n) is 7.22. The van der Waals surface area contributed by atoms with E-state index in [2.05, 4.69) is 10.4 Å². The zero-order valence-corrected chi connectivity index (χ0v) is 14.1. The van der Waals surface area contributed by atoms with Crippen LogP contribution in [0.3, 0.4) is 0 Å². The van der Waals surface area contributed by atoms with E-state index in [0.29, 0.717) is 11.4 Å². The van der Waals surface area contributed by atoms with Crippen molar-refractivity contribution >= 4 is 11.9 Å². The van der Waals surface area contributed by atoms with Crippen LogP contribution >= 0.6 is 0 Å². The van der Waals surface area contributed by atoms with Gasteiger partial charge in [-0.3, -0.25) is 14.3 Å². The fourth-order valence-electron chi connectivity index (χ4n) is 2.16. The number of hydrogen-bond acceptors (Lipinski definition) is 4. The molecular weight excluding hydrogens is 286 g/mol. The Bertz CT molecular complexity index is 565. The average Bonchev–Trinajstić information content (AvgIpc) is 2.60. The molecule has 1 atom stereocenters. The van der Waals surface area contributed by atoms with E-state index in [1.54, 1.807) is 18.7 Å². The van der Waals surface area contributed by atoms with Gasteiger partial charge in [-0.05, 0) is 26.7 Å². The van der Waals surface area contributed by atoms with Crippen molar-refractivity contribution in [2.75, 3.05) is 6.61 Å². The molecule has 1 unspecified atom stereocenters. The highest BCUT2D eigenvalue weighted by molar-refractivity contribution is 5.79. The molecule has 7 heteroatoms. The Morgan fingerprint density at radius 1 is 1.41 bits per heavy atom. The lowest BCUT2D eigenvalue weighted by atomic mass is 9.85. The first-order valence-corrected chi connectivity index (χ1v) is 7.22. The number of rotatable bonds is 7. The lowest BCUT2D eigenvalue weighted by Crippen LogP contribution is -2.52. The third kappa shape index (κ3) is 4.22. The highest BCUT2D eigenvalue weighted by Gasteiger charge is 2.33. The molecule has 0 aliphatic heterocycles. The van der Waals surface area contributed by atoms with Gasteiger partial charge in [0, 0.05) is 7.05 Å². The maximum absolute atomic E-state index is 12.1. The number of carboxylic acids is 1. The number of nitrogens with one attached hydrogen (secondary N) is 1. The molecule has 2 N–H and O–H groups in total. The summed E-state index contributed by atoms with van der Waals surface area (Å²) in [5.41, 5.74) is 0.734. The number of aryl methyl sites for hydroxylation is 2. The van der Waals surface area contributed by atoms with Gasteiger partial charge in [-0.2, -0.15) is 5.10 Å². The van der Waals surface area contributed by atoms with Crippen molar-refractivity contribution in [3.05, 3.63) is 11.4 Å². The molecule has 0 spiro atoms. The molecule has 7 nitrogen and oxygen atoms in total. The molecule has 0 fully saturated rings. The number of carboxylic acid groups (broad SMARTS) is 1. The Balaban J connectivity index is 2.70. The fraction of sp³-hybridized carbons (Fsp3) is 0.667. The quantitative estimate of drug-likeness (QED) is 0.794. The maximum Gasteiger partial charge on any atom is 0.305 e. The number of nitrogens with zero attached hydrogens (tertiary/aromatic N) is 2. The molecule has 0 aliphatic carbocycles. The zero-order valence-electron chi connectivity index (χ0n) is 14.1. The lowest BCUT2D eigenvalue weighted by molar-refractivity contribution is -0.139. The zero-order chi connectivity index (χ0) is 17.1. The minimum atomic E-state index is -0.948. The Labute approximate surface area is 130 Å². The number of amides is 1. The number of carbonyl (C=O) groups is 2. The highest BCUT2D eigenvalue weighted by atomic mass is 16.5. The van der Waals surface area contributed by atoms with Gasteiger partial charge in [0.1, 0.15) is 5.69 Å². The number of aromatic nitrogens is 2. The van der Waals surface area contributed by atoms with Crippen LogP contribution in [0.4, 0.5) is 0 Å². The summed E-state index contributed by atoms with van der Waals surface area (Å²) in [6.07, 6.45) is -0.138. The second-order valence-corrected chi connectivity index (χ2v) is 6.10. The smallest absolute Gasteiger partial charge is 0.305 e. The van der Waals surface area contributed by atoms with E-state index in [1.165, 1.54) is 0 Å². The molecule has 0 saturated carbocycles.